The van der Waals surface area contributed by atoms with Gasteiger partial charge in [-0.05, 0) is 109 Å². The van der Waals surface area contributed by atoms with Crippen LogP contribution < -0.4 is 0 Å². The van der Waals surface area contributed by atoms with Gasteiger partial charge in [0.05, 0.1) is 11.8 Å². The molecule has 0 fully saturated rings. The van der Waals surface area contributed by atoms with E-state index < -0.39 is 0 Å². The third kappa shape index (κ3) is 4.68. The van der Waals surface area contributed by atoms with E-state index in [1.54, 1.807) is 0 Å². The van der Waals surface area contributed by atoms with Gasteiger partial charge >= 0.3 is 0 Å². The summed E-state index contributed by atoms with van der Waals surface area (Å²) in [4.78, 5) is 14.7. The molecule has 0 aliphatic carbocycles. The van der Waals surface area contributed by atoms with Crippen LogP contribution in [0.4, 0.5) is 0 Å². The molecule has 0 aliphatic rings. The summed E-state index contributed by atoms with van der Waals surface area (Å²) in [5, 5.41) is 0. The molecule has 4 heterocycles. The first kappa shape index (κ1) is 27.9. The molecule has 0 saturated heterocycles. The minimum atomic E-state index is 0.130. The fraction of sp³-hybridized carbons (Fsp3) is 0.389. The standard InChI is InChI=1S/C36H46N4/c1-9-25-17-37-33(21(25)5)31(34-22(6)26(10-2)18-38-34)29-13-15-30(16-14-29)32(35-23(7)27(11-3)19-39-35)36-24(8)28(12-4)20-40-36/h13-20,31-32,37-40H,9-12H2,1-8H3. The Morgan fingerprint density at radius 3 is 0.825 bits per heavy atom. The van der Waals surface area contributed by atoms with Crippen molar-refractivity contribution in [1.29, 1.82) is 0 Å². The Morgan fingerprint density at radius 1 is 0.425 bits per heavy atom. The zero-order valence-corrected chi connectivity index (χ0v) is 25.6. The van der Waals surface area contributed by atoms with Gasteiger partial charge in [-0.15, -0.1) is 0 Å². The Bertz CT molecular complexity index is 1370. The number of benzene rings is 1. The highest BCUT2D eigenvalue weighted by atomic mass is 14.8. The van der Waals surface area contributed by atoms with Crippen LogP contribution in [0.1, 0.15) is 118 Å². The predicted molar refractivity (Wildman–Crippen MR) is 168 cm³/mol. The minimum absolute atomic E-state index is 0.130. The van der Waals surface area contributed by atoms with Crippen molar-refractivity contribution in [3.8, 4) is 0 Å². The number of aromatic amines is 4. The minimum Gasteiger partial charge on any atom is -0.364 e. The van der Waals surface area contributed by atoms with Crippen molar-refractivity contribution in [1.82, 2.24) is 19.9 Å². The van der Waals surface area contributed by atoms with E-state index in [2.05, 4.69) is 124 Å². The van der Waals surface area contributed by atoms with Gasteiger partial charge in [0.15, 0.2) is 0 Å². The lowest BCUT2D eigenvalue weighted by Gasteiger charge is -2.22. The summed E-state index contributed by atoms with van der Waals surface area (Å²) >= 11 is 0. The molecule has 0 unspecified atom stereocenters. The van der Waals surface area contributed by atoms with Crippen molar-refractivity contribution >= 4 is 0 Å². The largest absolute Gasteiger partial charge is 0.364 e. The molecule has 0 saturated carbocycles. The van der Waals surface area contributed by atoms with Gasteiger partial charge < -0.3 is 19.9 Å². The zero-order valence-electron chi connectivity index (χ0n) is 25.6. The smallest absolute Gasteiger partial charge is 0.0647 e. The van der Waals surface area contributed by atoms with Gasteiger partial charge in [-0.3, -0.25) is 0 Å². The van der Waals surface area contributed by atoms with Gasteiger partial charge in [-0.2, -0.15) is 0 Å². The highest BCUT2D eigenvalue weighted by Crippen LogP contribution is 2.40. The average Bonchev–Trinajstić information content (AvgIpc) is 3.73. The molecule has 0 atom stereocenters. The third-order valence-corrected chi connectivity index (χ3v) is 9.43. The van der Waals surface area contributed by atoms with E-state index in [1.807, 2.05) is 0 Å². The summed E-state index contributed by atoms with van der Waals surface area (Å²) in [6, 6.07) is 9.40. The first-order valence-corrected chi connectivity index (χ1v) is 15.1. The van der Waals surface area contributed by atoms with Gasteiger partial charge in [-0.25, -0.2) is 0 Å². The Hall–Kier alpha value is -3.66. The molecule has 40 heavy (non-hydrogen) atoms. The molecular formula is C36H46N4. The number of hydrogen-bond donors (Lipinski definition) is 4. The number of rotatable bonds is 10. The van der Waals surface area contributed by atoms with Crippen LogP contribution in [-0.4, -0.2) is 19.9 Å². The lowest BCUT2D eigenvalue weighted by atomic mass is 9.84. The summed E-state index contributed by atoms with van der Waals surface area (Å²) < 4.78 is 0. The van der Waals surface area contributed by atoms with Crippen LogP contribution in [0.25, 0.3) is 0 Å². The van der Waals surface area contributed by atoms with Crippen molar-refractivity contribution in [3.05, 3.63) is 127 Å². The highest BCUT2D eigenvalue weighted by Gasteiger charge is 2.28. The maximum Gasteiger partial charge on any atom is 0.0647 e. The first-order chi connectivity index (χ1) is 19.3. The lowest BCUT2D eigenvalue weighted by molar-refractivity contribution is 0.859. The van der Waals surface area contributed by atoms with Crippen molar-refractivity contribution in [3.63, 3.8) is 0 Å². The second kappa shape index (κ2) is 11.4. The molecule has 4 nitrogen and oxygen atoms in total. The van der Waals surface area contributed by atoms with Crippen LogP contribution >= 0.6 is 0 Å². The maximum atomic E-state index is 3.67. The van der Waals surface area contributed by atoms with Gasteiger partial charge in [0.2, 0.25) is 0 Å². The summed E-state index contributed by atoms with van der Waals surface area (Å²) in [6.07, 6.45) is 12.9. The summed E-state index contributed by atoms with van der Waals surface area (Å²) in [5.41, 5.74) is 18.8. The molecule has 5 aromatic rings. The van der Waals surface area contributed by atoms with E-state index in [-0.39, 0.29) is 11.8 Å². The van der Waals surface area contributed by atoms with E-state index >= 15 is 0 Å². The Kier molecular flexibility index (Phi) is 7.98. The zero-order chi connectivity index (χ0) is 28.6. The van der Waals surface area contributed by atoms with E-state index in [1.165, 1.54) is 78.4 Å². The van der Waals surface area contributed by atoms with Crippen molar-refractivity contribution < 1.29 is 0 Å². The molecule has 4 heteroatoms. The molecule has 0 amide bonds. The molecule has 210 valence electrons. The lowest BCUT2D eigenvalue weighted by Crippen LogP contribution is -2.10. The van der Waals surface area contributed by atoms with E-state index in [9.17, 15) is 0 Å². The fourth-order valence-corrected chi connectivity index (χ4v) is 6.72. The Morgan fingerprint density at radius 2 is 0.650 bits per heavy atom. The van der Waals surface area contributed by atoms with Gasteiger partial charge in [-0.1, -0.05) is 52.0 Å². The molecule has 0 aliphatic heterocycles. The number of hydrogen-bond acceptors (Lipinski definition) is 0. The third-order valence-electron chi connectivity index (χ3n) is 9.43. The Labute approximate surface area is 240 Å². The average molecular weight is 535 g/mol. The first-order valence-electron chi connectivity index (χ1n) is 15.1. The Balaban J connectivity index is 1.64. The van der Waals surface area contributed by atoms with Crippen LogP contribution in [0.5, 0.6) is 0 Å². The number of aryl methyl sites for hydroxylation is 4. The predicted octanol–water partition coefficient (Wildman–Crippen LogP) is 8.84. The monoisotopic (exact) mass is 534 g/mol. The number of aromatic nitrogens is 4. The molecule has 4 aromatic heterocycles. The molecule has 0 radical (unpaired) electrons. The van der Waals surface area contributed by atoms with E-state index in [4.69, 9.17) is 0 Å². The van der Waals surface area contributed by atoms with Crippen LogP contribution in [0.3, 0.4) is 0 Å². The van der Waals surface area contributed by atoms with Crippen LogP contribution in [0.15, 0.2) is 49.1 Å². The summed E-state index contributed by atoms with van der Waals surface area (Å²) in [6.45, 7) is 18.0. The number of nitrogens with one attached hydrogen (secondary N) is 4. The van der Waals surface area contributed by atoms with Crippen molar-refractivity contribution in [2.24, 2.45) is 0 Å². The normalized spacial score (nSPS) is 11.8. The molecular weight excluding hydrogens is 488 g/mol. The second-order valence-electron chi connectivity index (χ2n) is 11.4. The molecule has 1 aromatic carbocycles. The van der Waals surface area contributed by atoms with Crippen molar-refractivity contribution in [2.45, 2.75) is 92.9 Å². The SMILES string of the molecule is CCc1c[nH]c(C(c2ccc(C(c3[nH]cc(CC)c3C)c3[nH]cc(CC)c3C)cc2)c2[nH]cc(CC)c2C)c1C. The van der Waals surface area contributed by atoms with Crippen molar-refractivity contribution in [2.75, 3.05) is 0 Å². The molecule has 4 N–H and O–H groups in total. The quantitative estimate of drug-likeness (QED) is 0.138. The van der Waals surface area contributed by atoms with Crippen LogP contribution in [-0.2, 0) is 25.7 Å². The van der Waals surface area contributed by atoms with E-state index in [0.717, 1.165) is 25.7 Å². The van der Waals surface area contributed by atoms with Gasteiger partial charge in [0, 0.05) is 47.6 Å². The second-order valence-corrected chi connectivity index (χ2v) is 11.4. The van der Waals surface area contributed by atoms with E-state index in [0.29, 0.717) is 0 Å². The molecule has 0 spiro atoms. The molecule has 5 rings (SSSR count). The van der Waals surface area contributed by atoms with Gasteiger partial charge in [0.25, 0.3) is 0 Å². The number of H-pyrrole nitrogens is 4. The topological polar surface area (TPSA) is 63.2 Å². The van der Waals surface area contributed by atoms with Crippen LogP contribution in [0, 0.1) is 27.7 Å². The van der Waals surface area contributed by atoms with Gasteiger partial charge in [0.1, 0.15) is 0 Å². The maximum absolute atomic E-state index is 3.67. The molecule has 0 bridgehead atoms. The highest BCUT2D eigenvalue weighted by molar-refractivity contribution is 5.51. The summed E-state index contributed by atoms with van der Waals surface area (Å²) in [5.74, 6) is 0.261. The van der Waals surface area contributed by atoms with Crippen LogP contribution in [0.2, 0.25) is 0 Å². The summed E-state index contributed by atoms with van der Waals surface area (Å²) in [7, 11) is 0. The fourth-order valence-electron chi connectivity index (χ4n) is 6.72.